The van der Waals surface area contributed by atoms with Gasteiger partial charge < -0.3 is 15.5 Å². The molecule has 4 nitrogen and oxygen atoms in total. The lowest BCUT2D eigenvalue weighted by atomic mass is 10.1. The van der Waals surface area contributed by atoms with E-state index >= 15 is 0 Å². The number of benzene rings is 1. The highest BCUT2D eigenvalue weighted by Gasteiger charge is 2.23. The van der Waals surface area contributed by atoms with Gasteiger partial charge in [0, 0.05) is 12.2 Å². The van der Waals surface area contributed by atoms with E-state index in [0.29, 0.717) is 18.2 Å². The first kappa shape index (κ1) is 12.8. The van der Waals surface area contributed by atoms with Gasteiger partial charge in [-0.2, -0.15) is 0 Å². The Kier molecular flexibility index (Phi) is 3.81. The molecule has 0 saturated heterocycles. The Bertz CT molecular complexity index is 450. The van der Waals surface area contributed by atoms with Crippen LogP contribution in [0, 0.1) is 11.7 Å². The van der Waals surface area contributed by atoms with Crippen molar-refractivity contribution in [2.24, 2.45) is 5.92 Å². The van der Waals surface area contributed by atoms with Crippen LogP contribution in [0.25, 0.3) is 0 Å². The Morgan fingerprint density at radius 1 is 1.44 bits per heavy atom. The quantitative estimate of drug-likeness (QED) is 0.768. The van der Waals surface area contributed by atoms with Crippen LogP contribution in [-0.4, -0.2) is 28.8 Å². The van der Waals surface area contributed by atoms with Crippen LogP contribution >= 0.6 is 0 Å². The molecule has 1 aromatic carbocycles. The highest BCUT2D eigenvalue weighted by atomic mass is 19.1. The van der Waals surface area contributed by atoms with Crippen LogP contribution in [0.2, 0.25) is 0 Å². The summed E-state index contributed by atoms with van der Waals surface area (Å²) in [6.45, 7) is 0.600. The first-order valence-electron chi connectivity index (χ1n) is 6.01. The summed E-state index contributed by atoms with van der Waals surface area (Å²) in [6.07, 6.45) is 2.21. The van der Waals surface area contributed by atoms with Crippen molar-refractivity contribution in [3.05, 3.63) is 29.6 Å². The molecule has 1 saturated carbocycles. The summed E-state index contributed by atoms with van der Waals surface area (Å²) < 4.78 is 13.0. The second-order valence-corrected chi connectivity index (χ2v) is 4.71. The summed E-state index contributed by atoms with van der Waals surface area (Å²) in [7, 11) is 0. The summed E-state index contributed by atoms with van der Waals surface area (Å²) in [5.41, 5.74) is 0.360. The highest BCUT2D eigenvalue weighted by molar-refractivity contribution is 5.94. The van der Waals surface area contributed by atoms with Gasteiger partial charge in [0.1, 0.15) is 5.82 Å². The van der Waals surface area contributed by atoms with Crippen LogP contribution in [0.3, 0.4) is 0 Å². The largest absolute Gasteiger partial charge is 0.478 e. The van der Waals surface area contributed by atoms with Crippen LogP contribution in [0.5, 0.6) is 0 Å². The Labute approximate surface area is 104 Å². The van der Waals surface area contributed by atoms with E-state index in [1.165, 1.54) is 12.1 Å². The third-order valence-electron chi connectivity index (χ3n) is 3.31. The molecule has 2 rings (SSSR count). The number of hydrogen-bond donors (Lipinski definition) is 3. The molecule has 0 aliphatic heterocycles. The zero-order valence-corrected chi connectivity index (χ0v) is 9.90. The summed E-state index contributed by atoms with van der Waals surface area (Å²) in [5.74, 6) is -1.37. The molecule has 1 aliphatic carbocycles. The normalized spacial score (nSPS) is 23.0. The number of hydrogen-bond acceptors (Lipinski definition) is 3. The van der Waals surface area contributed by atoms with Crippen molar-refractivity contribution < 1.29 is 19.4 Å². The van der Waals surface area contributed by atoms with E-state index in [-0.39, 0.29) is 11.7 Å². The second-order valence-electron chi connectivity index (χ2n) is 4.71. The standard InChI is InChI=1S/C13H16FNO3/c14-9-2-4-12(11(6-9)13(17)18)15-7-8-1-3-10(16)5-8/h2,4,6,8,10,15-16H,1,3,5,7H2,(H,17,18). The number of rotatable bonds is 4. The second kappa shape index (κ2) is 5.35. The average Bonchev–Trinajstić information content (AvgIpc) is 2.73. The maximum Gasteiger partial charge on any atom is 0.337 e. The number of aliphatic hydroxyl groups excluding tert-OH is 1. The lowest BCUT2D eigenvalue weighted by Gasteiger charge is -2.13. The monoisotopic (exact) mass is 253 g/mol. The average molecular weight is 253 g/mol. The number of carbonyl (C=O) groups is 1. The number of aliphatic hydroxyl groups is 1. The molecule has 0 bridgehead atoms. The number of carboxylic acids is 1. The van der Waals surface area contributed by atoms with Crippen molar-refractivity contribution >= 4 is 11.7 Å². The van der Waals surface area contributed by atoms with Crippen LogP contribution < -0.4 is 5.32 Å². The van der Waals surface area contributed by atoms with Gasteiger partial charge in [-0.05, 0) is 43.4 Å². The van der Waals surface area contributed by atoms with Gasteiger partial charge in [0.05, 0.1) is 11.7 Å². The lowest BCUT2D eigenvalue weighted by Crippen LogP contribution is -2.15. The molecule has 1 aromatic rings. The molecule has 1 fully saturated rings. The van der Waals surface area contributed by atoms with Gasteiger partial charge in [0.2, 0.25) is 0 Å². The van der Waals surface area contributed by atoms with Crippen molar-refractivity contribution in [1.29, 1.82) is 0 Å². The number of aromatic carboxylic acids is 1. The molecule has 2 unspecified atom stereocenters. The minimum Gasteiger partial charge on any atom is -0.478 e. The van der Waals surface area contributed by atoms with E-state index in [0.717, 1.165) is 25.3 Å². The van der Waals surface area contributed by atoms with E-state index in [4.69, 9.17) is 5.11 Å². The Hall–Kier alpha value is -1.62. The zero-order chi connectivity index (χ0) is 13.1. The summed E-state index contributed by atoms with van der Waals surface area (Å²) in [5, 5.41) is 21.4. The molecule has 2 atom stereocenters. The third-order valence-corrected chi connectivity index (χ3v) is 3.31. The number of anilines is 1. The lowest BCUT2D eigenvalue weighted by molar-refractivity contribution is 0.0697. The number of nitrogens with one attached hydrogen (secondary N) is 1. The highest BCUT2D eigenvalue weighted by Crippen LogP contribution is 2.26. The molecule has 0 amide bonds. The molecule has 3 N–H and O–H groups in total. The van der Waals surface area contributed by atoms with Crippen LogP contribution in [0.4, 0.5) is 10.1 Å². The molecule has 0 heterocycles. The van der Waals surface area contributed by atoms with Gasteiger partial charge in [0.25, 0.3) is 0 Å². The minimum atomic E-state index is -1.15. The van der Waals surface area contributed by atoms with E-state index in [2.05, 4.69) is 5.32 Å². The summed E-state index contributed by atoms with van der Waals surface area (Å²) in [6, 6.07) is 3.68. The van der Waals surface area contributed by atoms with Crippen molar-refractivity contribution in [3.63, 3.8) is 0 Å². The van der Waals surface area contributed by atoms with E-state index in [9.17, 15) is 14.3 Å². The molecule has 18 heavy (non-hydrogen) atoms. The molecule has 5 heteroatoms. The first-order chi connectivity index (χ1) is 8.56. The molecular formula is C13H16FNO3. The Morgan fingerprint density at radius 3 is 2.83 bits per heavy atom. The minimum absolute atomic E-state index is 0.0615. The maximum atomic E-state index is 13.0. The third kappa shape index (κ3) is 2.98. The molecule has 0 spiro atoms. The smallest absolute Gasteiger partial charge is 0.337 e. The predicted molar refractivity (Wildman–Crippen MR) is 65.2 cm³/mol. The van der Waals surface area contributed by atoms with E-state index in [1.807, 2.05) is 0 Å². The van der Waals surface area contributed by atoms with E-state index < -0.39 is 11.8 Å². The van der Waals surface area contributed by atoms with Crippen molar-refractivity contribution in [1.82, 2.24) is 0 Å². The fourth-order valence-electron chi connectivity index (χ4n) is 2.34. The van der Waals surface area contributed by atoms with Crippen molar-refractivity contribution in [3.8, 4) is 0 Å². The molecule has 1 aliphatic rings. The fourth-order valence-corrected chi connectivity index (χ4v) is 2.34. The fraction of sp³-hybridized carbons (Fsp3) is 0.462. The number of halogens is 1. The molecule has 0 aromatic heterocycles. The first-order valence-corrected chi connectivity index (χ1v) is 6.01. The SMILES string of the molecule is O=C(O)c1cc(F)ccc1NCC1CCC(O)C1. The Morgan fingerprint density at radius 2 is 2.22 bits per heavy atom. The predicted octanol–water partition coefficient (Wildman–Crippen LogP) is 2.10. The van der Waals surface area contributed by atoms with Gasteiger partial charge in [-0.3, -0.25) is 0 Å². The maximum absolute atomic E-state index is 13.0. The summed E-state index contributed by atoms with van der Waals surface area (Å²) >= 11 is 0. The van der Waals surface area contributed by atoms with E-state index in [1.54, 1.807) is 0 Å². The van der Waals surface area contributed by atoms with Crippen molar-refractivity contribution in [2.45, 2.75) is 25.4 Å². The van der Waals surface area contributed by atoms with Crippen molar-refractivity contribution in [2.75, 3.05) is 11.9 Å². The molecule has 0 radical (unpaired) electrons. The van der Waals surface area contributed by atoms with Crippen LogP contribution in [0.15, 0.2) is 18.2 Å². The topological polar surface area (TPSA) is 69.6 Å². The Balaban J connectivity index is 2.02. The van der Waals surface area contributed by atoms with Crippen LogP contribution in [-0.2, 0) is 0 Å². The van der Waals surface area contributed by atoms with Gasteiger partial charge in [-0.25, -0.2) is 9.18 Å². The summed E-state index contributed by atoms with van der Waals surface area (Å²) in [4.78, 5) is 11.0. The van der Waals surface area contributed by atoms with Gasteiger partial charge in [-0.1, -0.05) is 0 Å². The van der Waals surface area contributed by atoms with Gasteiger partial charge in [-0.15, -0.1) is 0 Å². The van der Waals surface area contributed by atoms with Gasteiger partial charge >= 0.3 is 5.97 Å². The number of carboxylic acid groups (broad SMARTS) is 1. The zero-order valence-electron chi connectivity index (χ0n) is 9.90. The molecular weight excluding hydrogens is 237 g/mol. The molecule has 98 valence electrons. The van der Waals surface area contributed by atoms with Gasteiger partial charge in [0.15, 0.2) is 0 Å². The van der Waals surface area contributed by atoms with Crippen LogP contribution in [0.1, 0.15) is 29.6 Å².